The molecule has 0 aliphatic heterocycles. The van der Waals surface area contributed by atoms with Crippen LogP contribution >= 0.6 is 15.9 Å². The van der Waals surface area contributed by atoms with E-state index in [1.54, 1.807) is 7.11 Å². The van der Waals surface area contributed by atoms with Crippen molar-refractivity contribution >= 4 is 21.6 Å². The second-order valence-corrected chi connectivity index (χ2v) is 6.21. The molecule has 3 heteroatoms. The largest absolute Gasteiger partial charge is 0.497 e. The van der Waals surface area contributed by atoms with Crippen molar-refractivity contribution in [3.05, 3.63) is 58.6 Å². The minimum atomic E-state index is 0.576. The summed E-state index contributed by atoms with van der Waals surface area (Å²) >= 11 is 3.46. The first-order valence-corrected chi connectivity index (χ1v) is 7.70. The Bertz CT molecular complexity index is 576. The minimum absolute atomic E-state index is 0.576. The molecule has 0 amide bonds. The molecule has 0 bridgehead atoms. The van der Waals surface area contributed by atoms with E-state index in [1.807, 2.05) is 6.07 Å². The molecule has 0 atom stereocenters. The fraction of sp³-hybridized carbons (Fsp3) is 0.294. The zero-order chi connectivity index (χ0) is 13.9. The minimum Gasteiger partial charge on any atom is -0.497 e. The zero-order valence-electron chi connectivity index (χ0n) is 11.5. The van der Waals surface area contributed by atoms with Crippen LogP contribution in [0.5, 0.6) is 5.75 Å². The van der Waals surface area contributed by atoms with Gasteiger partial charge in [0, 0.05) is 16.2 Å². The topological polar surface area (TPSA) is 21.3 Å². The van der Waals surface area contributed by atoms with Gasteiger partial charge in [0.05, 0.1) is 7.11 Å². The maximum absolute atomic E-state index is 5.29. The lowest BCUT2D eigenvalue weighted by Gasteiger charge is -2.37. The normalized spacial score (nSPS) is 21.1. The van der Waals surface area contributed by atoms with Gasteiger partial charge in [-0.3, -0.25) is 0 Å². The first-order chi connectivity index (χ1) is 9.74. The van der Waals surface area contributed by atoms with Crippen LogP contribution in [-0.2, 0) is 0 Å². The van der Waals surface area contributed by atoms with Gasteiger partial charge in [0.1, 0.15) is 5.75 Å². The van der Waals surface area contributed by atoms with E-state index in [-0.39, 0.29) is 0 Å². The van der Waals surface area contributed by atoms with Gasteiger partial charge in [-0.1, -0.05) is 28.1 Å². The van der Waals surface area contributed by atoms with Crippen LogP contribution in [0.25, 0.3) is 0 Å². The summed E-state index contributed by atoms with van der Waals surface area (Å²) in [4.78, 5) is 0. The number of benzene rings is 2. The standard InChI is InChI=1S/C17H18BrNO/c1-20-17-4-2-3-12(11-17)13-9-16(10-13)19-15-7-5-14(18)6-8-15/h2-8,11,13,16,19H,9-10H2,1H3. The molecular formula is C17H18BrNO. The van der Waals surface area contributed by atoms with Crippen molar-refractivity contribution in [1.29, 1.82) is 0 Å². The first kappa shape index (κ1) is 13.5. The number of anilines is 1. The van der Waals surface area contributed by atoms with Gasteiger partial charge in [0.15, 0.2) is 0 Å². The highest BCUT2D eigenvalue weighted by atomic mass is 79.9. The molecule has 1 saturated carbocycles. The van der Waals surface area contributed by atoms with Gasteiger partial charge < -0.3 is 10.1 Å². The summed E-state index contributed by atoms with van der Waals surface area (Å²) in [7, 11) is 1.72. The summed E-state index contributed by atoms with van der Waals surface area (Å²) in [6.45, 7) is 0. The molecule has 104 valence electrons. The van der Waals surface area contributed by atoms with Crippen molar-refractivity contribution in [2.24, 2.45) is 0 Å². The van der Waals surface area contributed by atoms with Crippen LogP contribution in [0.1, 0.15) is 24.3 Å². The average molecular weight is 332 g/mol. The van der Waals surface area contributed by atoms with Crippen LogP contribution in [0.3, 0.4) is 0 Å². The maximum Gasteiger partial charge on any atom is 0.119 e. The van der Waals surface area contributed by atoms with Crippen molar-refractivity contribution in [1.82, 2.24) is 0 Å². The molecule has 0 saturated heterocycles. The Morgan fingerprint density at radius 3 is 2.55 bits per heavy atom. The van der Waals surface area contributed by atoms with Gasteiger partial charge in [-0.15, -0.1) is 0 Å². The molecule has 1 N–H and O–H groups in total. The summed E-state index contributed by atoms with van der Waals surface area (Å²) < 4.78 is 6.40. The van der Waals surface area contributed by atoms with E-state index in [0.717, 1.165) is 10.2 Å². The number of hydrogen-bond acceptors (Lipinski definition) is 2. The predicted octanol–water partition coefficient (Wildman–Crippen LogP) is 4.82. The molecule has 1 aliphatic carbocycles. The van der Waals surface area contributed by atoms with E-state index in [4.69, 9.17) is 4.74 Å². The maximum atomic E-state index is 5.29. The van der Waals surface area contributed by atoms with Crippen molar-refractivity contribution in [3.63, 3.8) is 0 Å². The molecule has 0 unspecified atom stereocenters. The second kappa shape index (κ2) is 5.88. The third-order valence-electron chi connectivity index (χ3n) is 3.92. The quantitative estimate of drug-likeness (QED) is 0.867. The third-order valence-corrected chi connectivity index (χ3v) is 4.45. The molecule has 2 aromatic rings. The number of methoxy groups -OCH3 is 1. The van der Waals surface area contributed by atoms with E-state index in [9.17, 15) is 0 Å². The third kappa shape index (κ3) is 2.98. The molecule has 0 aromatic heterocycles. The van der Waals surface area contributed by atoms with Crippen LogP contribution in [0, 0.1) is 0 Å². The summed E-state index contributed by atoms with van der Waals surface area (Å²) in [5.74, 6) is 1.60. The molecule has 1 aliphatic rings. The summed E-state index contributed by atoms with van der Waals surface area (Å²) in [5.41, 5.74) is 2.58. The lowest BCUT2D eigenvalue weighted by atomic mass is 9.76. The fourth-order valence-corrected chi connectivity index (χ4v) is 2.95. The van der Waals surface area contributed by atoms with E-state index in [2.05, 4.69) is 63.7 Å². The molecule has 2 aromatic carbocycles. The number of hydrogen-bond donors (Lipinski definition) is 1. The second-order valence-electron chi connectivity index (χ2n) is 5.29. The molecule has 3 rings (SSSR count). The van der Waals surface area contributed by atoms with E-state index < -0.39 is 0 Å². The Kier molecular flexibility index (Phi) is 3.97. The van der Waals surface area contributed by atoms with E-state index in [1.165, 1.54) is 24.1 Å². The molecule has 1 fully saturated rings. The lowest BCUT2D eigenvalue weighted by molar-refractivity contribution is 0.370. The van der Waals surface area contributed by atoms with Gasteiger partial charge in [-0.25, -0.2) is 0 Å². The number of rotatable bonds is 4. The Morgan fingerprint density at radius 2 is 1.85 bits per heavy atom. The van der Waals surface area contributed by atoms with Crippen LogP contribution in [0.2, 0.25) is 0 Å². The Morgan fingerprint density at radius 1 is 1.10 bits per heavy atom. The van der Waals surface area contributed by atoms with Crippen LogP contribution < -0.4 is 10.1 Å². The average Bonchev–Trinajstić information content (AvgIpc) is 2.44. The van der Waals surface area contributed by atoms with Crippen LogP contribution in [-0.4, -0.2) is 13.2 Å². The van der Waals surface area contributed by atoms with Crippen molar-refractivity contribution in [2.75, 3.05) is 12.4 Å². The van der Waals surface area contributed by atoms with Gasteiger partial charge in [0.25, 0.3) is 0 Å². The number of halogens is 1. The molecule has 0 spiro atoms. The van der Waals surface area contributed by atoms with Gasteiger partial charge >= 0.3 is 0 Å². The highest BCUT2D eigenvalue weighted by Gasteiger charge is 2.30. The van der Waals surface area contributed by atoms with E-state index in [0.29, 0.717) is 12.0 Å². The smallest absolute Gasteiger partial charge is 0.119 e. The van der Waals surface area contributed by atoms with Crippen molar-refractivity contribution in [2.45, 2.75) is 24.8 Å². The highest BCUT2D eigenvalue weighted by molar-refractivity contribution is 9.10. The number of ether oxygens (including phenoxy) is 1. The Hall–Kier alpha value is -1.48. The molecule has 20 heavy (non-hydrogen) atoms. The highest BCUT2D eigenvalue weighted by Crippen LogP contribution is 2.39. The Balaban J connectivity index is 1.57. The molecule has 0 heterocycles. The van der Waals surface area contributed by atoms with E-state index >= 15 is 0 Å². The molecular weight excluding hydrogens is 314 g/mol. The SMILES string of the molecule is COc1cccc(C2CC(Nc3ccc(Br)cc3)C2)c1. The lowest BCUT2D eigenvalue weighted by Crippen LogP contribution is -2.33. The van der Waals surface area contributed by atoms with Crippen LogP contribution in [0.15, 0.2) is 53.0 Å². The number of nitrogens with one attached hydrogen (secondary N) is 1. The Labute approximate surface area is 128 Å². The van der Waals surface area contributed by atoms with Crippen LogP contribution in [0.4, 0.5) is 5.69 Å². The summed E-state index contributed by atoms with van der Waals surface area (Å²) in [6, 6.07) is 17.4. The van der Waals surface area contributed by atoms with Crippen molar-refractivity contribution < 1.29 is 4.74 Å². The zero-order valence-corrected chi connectivity index (χ0v) is 13.1. The molecule has 0 radical (unpaired) electrons. The first-order valence-electron chi connectivity index (χ1n) is 6.90. The summed E-state index contributed by atoms with van der Waals surface area (Å²) in [6.07, 6.45) is 2.37. The van der Waals surface area contributed by atoms with Gasteiger partial charge in [-0.2, -0.15) is 0 Å². The molecule has 2 nitrogen and oxygen atoms in total. The predicted molar refractivity (Wildman–Crippen MR) is 86.5 cm³/mol. The van der Waals surface area contributed by atoms with Gasteiger partial charge in [0.2, 0.25) is 0 Å². The fourth-order valence-electron chi connectivity index (χ4n) is 2.69. The monoisotopic (exact) mass is 331 g/mol. The summed E-state index contributed by atoms with van der Waals surface area (Å²) in [5, 5.41) is 3.58. The van der Waals surface area contributed by atoms with Gasteiger partial charge in [-0.05, 0) is 60.7 Å². The van der Waals surface area contributed by atoms with Crippen molar-refractivity contribution in [3.8, 4) is 5.75 Å².